The monoisotopic (exact) mass is 448 g/mol. The number of hydrogen-bond acceptors (Lipinski definition) is 4. The summed E-state index contributed by atoms with van der Waals surface area (Å²) in [5, 5.41) is 15.5. The number of aromatic nitrogens is 3. The molecule has 172 valence electrons. The van der Waals surface area contributed by atoms with Crippen LogP contribution in [0.5, 0.6) is 5.75 Å². The Balaban J connectivity index is 1.36. The lowest BCUT2D eigenvalue weighted by molar-refractivity contribution is 0.261. The second kappa shape index (κ2) is 8.84. The zero-order chi connectivity index (χ0) is 22.8. The average Bonchev–Trinajstić information content (AvgIpc) is 3.56. The normalized spacial score (nSPS) is 18.9. The maximum Gasteiger partial charge on any atom is 0.192 e. The highest BCUT2D eigenvalue weighted by Gasteiger charge is 2.44. The summed E-state index contributed by atoms with van der Waals surface area (Å²) in [5.74, 6) is 3.07. The quantitative estimate of drug-likeness (QED) is 0.446. The van der Waals surface area contributed by atoms with Crippen molar-refractivity contribution in [2.75, 3.05) is 13.2 Å². The maximum absolute atomic E-state index is 13.8. The molecule has 1 saturated carbocycles. The van der Waals surface area contributed by atoms with E-state index in [1.807, 2.05) is 42.8 Å². The number of aryl methyl sites for hydroxylation is 1. The summed E-state index contributed by atoms with van der Waals surface area (Å²) in [4.78, 5) is 4.83. The molecule has 33 heavy (non-hydrogen) atoms. The zero-order valence-corrected chi connectivity index (χ0v) is 19.0. The Morgan fingerprint density at radius 1 is 1.21 bits per heavy atom. The van der Waals surface area contributed by atoms with Gasteiger partial charge < -0.3 is 19.9 Å². The van der Waals surface area contributed by atoms with Gasteiger partial charge in [-0.15, -0.1) is 10.2 Å². The Hall–Kier alpha value is -3.42. The summed E-state index contributed by atoms with van der Waals surface area (Å²) < 4.78 is 21.6. The van der Waals surface area contributed by atoms with E-state index in [9.17, 15) is 4.39 Å². The smallest absolute Gasteiger partial charge is 0.192 e. The highest BCUT2D eigenvalue weighted by Crippen LogP contribution is 2.47. The molecule has 5 rings (SSSR count). The summed E-state index contributed by atoms with van der Waals surface area (Å²) in [6, 6.07) is 15.1. The van der Waals surface area contributed by atoms with Crippen molar-refractivity contribution in [3.05, 3.63) is 77.1 Å². The standard InChI is InChI=1S/C25H29FN6O/c1-17-30-31-23(32(17)2)15-27-24(29-21-10-13-33-22-9-4-3-8-20(21)22)28-16-25(11-12-25)18-6-5-7-19(26)14-18/h3-9,14,21H,10-13,15-16H2,1-2H3,(H2,27,28,29). The van der Waals surface area contributed by atoms with E-state index < -0.39 is 0 Å². The van der Waals surface area contributed by atoms with Crippen LogP contribution in [-0.4, -0.2) is 33.9 Å². The van der Waals surface area contributed by atoms with Gasteiger partial charge in [-0.25, -0.2) is 9.38 Å². The van der Waals surface area contributed by atoms with Gasteiger partial charge in [0.15, 0.2) is 11.8 Å². The molecule has 1 aliphatic heterocycles. The number of nitrogens with zero attached hydrogens (tertiary/aromatic N) is 4. The first-order valence-corrected chi connectivity index (χ1v) is 11.4. The molecule has 2 N–H and O–H groups in total. The molecule has 7 nitrogen and oxygen atoms in total. The van der Waals surface area contributed by atoms with E-state index in [1.54, 1.807) is 12.1 Å². The Morgan fingerprint density at radius 2 is 2.06 bits per heavy atom. The number of guanidine groups is 1. The van der Waals surface area contributed by atoms with Crippen molar-refractivity contribution in [1.82, 2.24) is 25.4 Å². The molecule has 2 heterocycles. The van der Waals surface area contributed by atoms with E-state index in [0.29, 0.717) is 25.7 Å². The van der Waals surface area contributed by atoms with Gasteiger partial charge in [0, 0.05) is 31.0 Å². The number of hydrogen-bond donors (Lipinski definition) is 2. The Kier molecular flexibility index (Phi) is 5.74. The topological polar surface area (TPSA) is 76.4 Å². The van der Waals surface area contributed by atoms with E-state index in [4.69, 9.17) is 9.73 Å². The van der Waals surface area contributed by atoms with Gasteiger partial charge in [0.05, 0.1) is 12.6 Å². The van der Waals surface area contributed by atoms with E-state index in [0.717, 1.165) is 47.8 Å². The number of halogens is 1. The van der Waals surface area contributed by atoms with Gasteiger partial charge in [-0.05, 0) is 43.5 Å². The molecule has 2 aromatic carbocycles. The SMILES string of the molecule is Cc1nnc(CN=C(NCC2(c3cccc(F)c3)CC2)NC2CCOc3ccccc32)n1C. The van der Waals surface area contributed by atoms with Crippen LogP contribution in [-0.2, 0) is 19.0 Å². The van der Waals surface area contributed by atoms with Crippen LogP contribution in [0.2, 0.25) is 0 Å². The molecule has 1 fully saturated rings. The molecule has 1 unspecified atom stereocenters. The highest BCUT2D eigenvalue weighted by atomic mass is 19.1. The number of para-hydroxylation sites is 1. The summed E-state index contributed by atoms with van der Waals surface area (Å²) in [7, 11) is 1.94. The molecule has 1 aliphatic carbocycles. The van der Waals surface area contributed by atoms with Gasteiger partial charge in [-0.3, -0.25) is 0 Å². The first-order chi connectivity index (χ1) is 16.0. The predicted octanol–water partition coefficient (Wildman–Crippen LogP) is 3.55. The molecule has 8 heteroatoms. The van der Waals surface area contributed by atoms with Crippen molar-refractivity contribution in [1.29, 1.82) is 0 Å². The molecular weight excluding hydrogens is 419 g/mol. The maximum atomic E-state index is 13.8. The second-order valence-corrected chi connectivity index (χ2v) is 8.90. The number of rotatable bonds is 6. The van der Waals surface area contributed by atoms with Crippen molar-refractivity contribution in [3.63, 3.8) is 0 Å². The zero-order valence-electron chi connectivity index (χ0n) is 19.0. The summed E-state index contributed by atoms with van der Waals surface area (Å²) in [6.45, 7) is 3.67. The molecule has 0 bridgehead atoms. The first-order valence-electron chi connectivity index (χ1n) is 11.4. The van der Waals surface area contributed by atoms with Gasteiger partial charge in [0.1, 0.15) is 23.9 Å². The molecular formula is C25H29FN6O. The Labute approximate surface area is 193 Å². The fourth-order valence-corrected chi connectivity index (χ4v) is 4.34. The summed E-state index contributed by atoms with van der Waals surface area (Å²) >= 11 is 0. The fourth-order valence-electron chi connectivity index (χ4n) is 4.34. The molecule has 1 aromatic heterocycles. The van der Waals surface area contributed by atoms with E-state index >= 15 is 0 Å². The third kappa shape index (κ3) is 4.55. The van der Waals surface area contributed by atoms with Crippen LogP contribution in [0.25, 0.3) is 0 Å². The molecule has 0 spiro atoms. The minimum Gasteiger partial charge on any atom is -0.493 e. The number of fused-ring (bicyclic) bond motifs is 1. The largest absolute Gasteiger partial charge is 0.493 e. The Bertz CT molecular complexity index is 1170. The van der Waals surface area contributed by atoms with Crippen LogP contribution >= 0.6 is 0 Å². The van der Waals surface area contributed by atoms with E-state index in [-0.39, 0.29) is 17.3 Å². The fraction of sp³-hybridized carbons (Fsp3) is 0.400. The number of aliphatic imine (C=N–C) groups is 1. The van der Waals surface area contributed by atoms with Gasteiger partial charge in [0.2, 0.25) is 0 Å². The van der Waals surface area contributed by atoms with Crippen LogP contribution in [0.4, 0.5) is 4.39 Å². The minimum absolute atomic E-state index is 0.0561. The number of ether oxygens (including phenoxy) is 1. The number of benzene rings is 2. The molecule has 1 atom stereocenters. The molecule has 3 aromatic rings. The highest BCUT2D eigenvalue weighted by molar-refractivity contribution is 5.80. The van der Waals surface area contributed by atoms with Crippen LogP contribution in [0.15, 0.2) is 53.5 Å². The van der Waals surface area contributed by atoms with Gasteiger partial charge in [-0.2, -0.15) is 0 Å². The van der Waals surface area contributed by atoms with Crippen molar-refractivity contribution in [2.45, 2.75) is 44.2 Å². The van der Waals surface area contributed by atoms with Crippen molar-refractivity contribution < 1.29 is 9.13 Å². The van der Waals surface area contributed by atoms with Crippen molar-refractivity contribution in [2.24, 2.45) is 12.0 Å². The minimum atomic E-state index is -0.192. The van der Waals surface area contributed by atoms with Crippen molar-refractivity contribution >= 4 is 5.96 Å². The molecule has 2 aliphatic rings. The summed E-state index contributed by atoms with van der Waals surface area (Å²) in [5.41, 5.74) is 2.10. The first kappa shape index (κ1) is 21.4. The van der Waals surface area contributed by atoms with Crippen LogP contribution < -0.4 is 15.4 Å². The predicted molar refractivity (Wildman–Crippen MR) is 125 cm³/mol. The lowest BCUT2D eigenvalue weighted by atomic mass is 9.96. The molecule has 0 radical (unpaired) electrons. The molecule has 0 amide bonds. The second-order valence-electron chi connectivity index (χ2n) is 8.90. The lowest BCUT2D eigenvalue weighted by Crippen LogP contribution is -2.44. The van der Waals surface area contributed by atoms with Crippen LogP contribution in [0.3, 0.4) is 0 Å². The third-order valence-electron chi connectivity index (χ3n) is 6.72. The number of nitrogens with one attached hydrogen (secondary N) is 2. The van der Waals surface area contributed by atoms with Gasteiger partial charge in [0.25, 0.3) is 0 Å². The average molecular weight is 449 g/mol. The van der Waals surface area contributed by atoms with E-state index in [1.165, 1.54) is 6.07 Å². The Morgan fingerprint density at radius 3 is 2.82 bits per heavy atom. The van der Waals surface area contributed by atoms with Gasteiger partial charge in [-0.1, -0.05) is 30.3 Å². The lowest BCUT2D eigenvalue weighted by Gasteiger charge is -2.29. The van der Waals surface area contributed by atoms with E-state index in [2.05, 4.69) is 26.9 Å². The van der Waals surface area contributed by atoms with Crippen molar-refractivity contribution in [3.8, 4) is 5.75 Å². The van der Waals surface area contributed by atoms with Gasteiger partial charge >= 0.3 is 0 Å². The van der Waals surface area contributed by atoms with Crippen LogP contribution in [0, 0.1) is 12.7 Å². The third-order valence-corrected chi connectivity index (χ3v) is 6.72. The van der Waals surface area contributed by atoms with Crippen LogP contribution in [0.1, 0.15) is 48.1 Å². The molecule has 0 saturated heterocycles. The summed E-state index contributed by atoms with van der Waals surface area (Å²) in [6.07, 6.45) is 2.90.